The third kappa shape index (κ3) is 9.72. The van der Waals surface area contributed by atoms with Crippen LogP contribution in [0.1, 0.15) is 65.1 Å². The van der Waals surface area contributed by atoms with Gasteiger partial charge in [-0.15, -0.1) is 24.0 Å². The van der Waals surface area contributed by atoms with Crippen molar-refractivity contribution < 1.29 is 18.7 Å². The molecule has 0 aromatic carbocycles. The number of halogens is 1. The van der Waals surface area contributed by atoms with E-state index in [0.29, 0.717) is 38.4 Å². The van der Waals surface area contributed by atoms with Crippen molar-refractivity contribution in [3.05, 3.63) is 24.2 Å². The Morgan fingerprint density at radius 3 is 2.39 bits per heavy atom. The van der Waals surface area contributed by atoms with Crippen molar-refractivity contribution in [2.24, 2.45) is 4.99 Å². The molecule has 0 atom stereocenters. The molecular weight excluding hydrogens is 535 g/mol. The summed E-state index contributed by atoms with van der Waals surface area (Å²) >= 11 is 0. The standard InChI is InChI=1S/C24H40N4O4.HI/c1-4-30-24(29)28-15-12-20(13-16-28)27-23(25-14-11-21-6-5-17-31-21)26-19-7-9-22(10-8-19)32-18(2)3;/h5-6,17-20,22H,4,7-16H2,1-3H3,(H2,25,26,27);1H. The molecule has 0 bridgehead atoms. The Kier molecular flexibility index (Phi) is 12.4. The smallest absolute Gasteiger partial charge is 0.409 e. The Morgan fingerprint density at radius 1 is 1.15 bits per heavy atom. The summed E-state index contributed by atoms with van der Waals surface area (Å²) in [4.78, 5) is 18.6. The highest BCUT2D eigenvalue weighted by atomic mass is 127. The van der Waals surface area contributed by atoms with Gasteiger partial charge < -0.3 is 29.4 Å². The van der Waals surface area contributed by atoms with Crippen LogP contribution in [-0.4, -0.2) is 67.5 Å². The first-order chi connectivity index (χ1) is 15.5. The summed E-state index contributed by atoms with van der Waals surface area (Å²) in [5.74, 6) is 1.81. The highest BCUT2D eigenvalue weighted by molar-refractivity contribution is 14.0. The first-order valence-corrected chi connectivity index (χ1v) is 12.2. The summed E-state index contributed by atoms with van der Waals surface area (Å²) in [5.41, 5.74) is 0. The molecule has 1 amide bonds. The summed E-state index contributed by atoms with van der Waals surface area (Å²) in [6.45, 7) is 8.53. The summed E-state index contributed by atoms with van der Waals surface area (Å²) in [5, 5.41) is 7.28. The molecule has 2 fully saturated rings. The summed E-state index contributed by atoms with van der Waals surface area (Å²) in [7, 11) is 0. The van der Waals surface area contributed by atoms with Gasteiger partial charge in [-0.1, -0.05) is 0 Å². The van der Waals surface area contributed by atoms with Crippen molar-refractivity contribution >= 4 is 36.0 Å². The maximum atomic E-state index is 12.0. The van der Waals surface area contributed by atoms with E-state index in [1.54, 1.807) is 11.2 Å². The van der Waals surface area contributed by atoms with Crippen LogP contribution in [0.3, 0.4) is 0 Å². The quantitative estimate of drug-likeness (QED) is 0.272. The first kappa shape index (κ1) is 27.8. The number of furan rings is 1. The fourth-order valence-electron chi connectivity index (χ4n) is 4.40. The van der Waals surface area contributed by atoms with Crippen LogP contribution in [-0.2, 0) is 15.9 Å². The molecular formula is C24H41IN4O4. The van der Waals surface area contributed by atoms with Gasteiger partial charge in [0.15, 0.2) is 5.96 Å². The van der Waals surface area contributed by atoms with E-state index in [4.69, 9.17) is 18.9 Å². The lowest BCUT2D eigenvalue weighted by Crippen LogP contribution is -2.52. The monoisotopic (exact) mass is 576 g/mol. The Morgan fingerprint density at radius 2 is 1.82 bits per heavy atom. The van der Waals surface area contributed by atoms with E-state index in [1.807, 2.05) is 19.1 Å². The number of piperidine rings is 1. The fourth-order valence-corrected chi connectivity index (χ4v) is 4.40. The molecule has 0 unspecified atom stereocenters. The molecule has 1 saturated carbocycles. The van der Waals surface area contributed by atoms with Crippen molar-refractivity contribution in [1.82, 2.24) is 15.5 Å². The van der Waals surface area contributed by atoms with E-state index in [0.717, 1.165) is 56.7 Å². The predicted molar refractivity (Wildman–Crippen MR) is 140 cm³/mol. The number of carbonyl (C=O) groups is 1. The average molecular weight is 577 g/mol. The Balaban J connectivity index is 0.00000385. The number of rotatable bonds is 8. The molecule has 9 heteroatoms. The molecule has 0 radical (unpaired) electrons. The molecule has 1 aromatic heterocycles. The van der Waals surface area contributed by atoms with Crippen molar-refractivity contribution in [1.29, 1.82) is 0 Å². The number of aliphatic imine (C=N–C) groups is 1. The number of hydrogen-bond acceptors (Lipinski definition) is 5. The number of hydrogen-bond donors (Lipinski definition) is 2. The van der Waals surface area contributed by atoms with Gasteiger partial charge in [0.25, 0.3) is 0 Å². The number of likely N-dealkylation sites (tertiary alicyclic amines) is 1. The van der Waals surface area contributed by atoms with E-state index in [9.17, 15) is 4.79 Å². The van der Waals surface area contributed by atoms with Crippen molar-refractivity contribution in [3.8, 4) is 0 Å². The molecule has 8 nitrogen and oxygen atoms in total. The normalized spacial score (nSPS) is 22.1. The second kappa shape index (κ2) is 14.7. The lowest BCUT2D eigenvalue weighted by Gasteiger charge is -2.34. The summed E-state index contributed by atoms with van der Waals surface area (Å²) < 4.78 is 16.6. The second-order valence-corrected chi connectivity index (χ2v) is 8.97. The molecule has 3 rings (SSSR count). The third-order valence-corrected chi connectivity index (χ3v) is 6.05. The number of nitrogens with one attached hydrogen (secondary N) is 2. The number of carbonyl (C=O) groups excluding carboxylic acids is 1. The van der Waals surface area contributed by atoms with E-state index in [2.05, 4.69) is 24.5 Å². The van der Waals surface area contributed by atoms with Crippen LogP contribution in [0.5, 0.6) is 0 Å². The fraction of sp³-hybridized carbons (Fsp3) is 0.750. The van der Waals surface area contributed by atoms with E-state index in [-0.39, 0.29) is 42.2 Å². The molecule has 188 valence electrons. The van der Waals surface area contributed by atoms with Crippen LogP contribution >= 0.6 is 24.0 Å². The Labute approximate surface area is 215 Å². The molecule has 2 N–H and O–H groups in total. The minimum Gasteiger partial charge on any atom is -0.469 e. The molecule has 33 heavy (non-hydrogen) atoms. The van der Waals surface area contributed by atoms with Crippen LogP contribution in [0.15, 0.2) is 27.8 Å². The van der Waals surface area contributed by atoms with Gasteiger partial charge in [-0.25, -0.2) is 4.79 Å². The largest absolute Gasteiger partial charge is 0.469 e. The van der Waals surface area contributed by atoms with Gasteiger partial charge in [0.05, 0.1) is 25.1 Å². The number of nitrogens with zero attached hydrogens (tertiary/aromatic N) is 2. The summed E-state index contributed by atoms with van der Waals surface area (Å²) in [6.07, 6.45) is 8.99. The lowest BCUT2D eigenvalue weighted by atomic mass is 9.93. The molecule has 2 aliphatic rings. The Bertz CT molecular complexity index is 697. The van der Waals surface area contributed by atoms with E-state index >= 15 is 0 Å². The minimum atomic E-state index is -0.211. The van der Waals surface area contributed by atoms with E-state index in [1.165, 1.54) is 0 Å². The van der Waals surface area contributed by atoms with Crippen LogP contribution in [0, 0.1) is 0 Å². The van der Waals surface area contributed by atoms with Crippen molar-refractivity contribution in [3.63, 3.8) is 0 Å². The molecule has 1 aliphatic carbocycles. The van der Waals surface area contributed by atoms with Gasteiger partial charge in [0.2, 0.25) is 0 Å². The molecule has 2 heterocycles. The van der Waals surface area contributed by atoms with Gasteiger partial charge in [-0.3, -0.25) is 4.99 Å². The maximum Gasteiger partial charge on any atom is 0.409 e. The van der Waals surface area contributed by atoms with Gasteiger partial charge in [-0.05, 0) is 71.4 Å². The zero-order valence-corrected chi connectivity index (χ0v) is 22.6. The number of amides is 1. The van der Waals surface area contributed by atoms with Crippen LogP contribution in [0.4, 0.5) is 4.79 Å². The molecule has 1 aromatic rings. The van der Waals surface area contributed by atoms with E-state index < -0.39 is 0 Å². The SMILES string of the molecule is CCOC(=O)N1CCC(NC(=NCCc2ccco2)NC2CCC(OC(C)C)CC2)CC1.I. The zero-order valence-electron chi connectivity index (χ0n) is 20.3. The number of ether oxygens (including phenoxy) is 2. The van der Waals surface area contributed by atoms with Gasteiger partial charge >= 0.3 is 6.09 Å². The second-order valence-electron chi connectivity index (χ2n) is 8.97. The lowest BCUT2D eigenvalue weighted by molar-refractivity contribution is -0.0152. The predicted octanol–water partition coefficient (Wildman–Crippen LogP) is 4.33. The van der Waals surface area contributed by atoms with Crippen LogP contribution < -0.4 is 10.6 Å². The third-order valence-electron chi connectivity index (χ3n) is 6.05. The first-order valence-electron chi connectivity index (χ1n) is 12.2. The van der Waals surface area contributed by atoms with Gasteiger partial charge in [0.1, 0.15) is 5.76 Å². The molecule has 0 spiro atoms. The van der Waals surface area contributed by atoms with Crippen molar-refractivity contribution in [2.75, 3.05) is 26.2 Å². The maximum absolute atomic E-state index is 12.0. The zero-order chi connectivity index (χ0) is 22.8. The number of guanidine groups is 1. The van der Waals surface area contributed by atoms with Gasteiger partial charge in [0, 0.05) is 38.1 Å². The summed E-state index contributed by atoms with van der Waals surface area (Å²) in [6, 6.07) is 4.58. The molecule has 1 aliphatic heterocycles. The highest BCUT2D eigenvalue weighted by Gasteiger charge is 2.26. The minimum absolute atomic E-state index is 0. The van der Waals surface area contributed by atoms with Crippen molar-refractivity contribution in [2.45, 2.75) is 90.0 Å². The average Bonchev–Trinajstić information content (AvgIpc) is 3.29. The van der Waals surface area contributed by atoms with Crippen LogP contribution in [0.25, 0.3) is 0 Å². The van der Waals surface area contributed by atoms with Crippen LogP contribution in [0.2, 0.25) is 0 Å². The Hall–Kier alpha value is -1.49. The molecule has 1 saturated heterocycles. The highest BCUT2D eigenvalue weighted by Crippen LogP contribution is 2.22. The van der Waals surface area contributed by atoms with Gasteiger partial charge in [-0.2, -0.15) is 0 Å². The topological polar surface area (TPSA) is 88.3 Å².